The maximum atomic E-state index is 10.9. The van der Waals surface area contributed by atoms with Crippen molar-refractivity contribution < 1.29 is 45.0 Å². The smallest absolute Gasteiger partial charge is 0.328 e. The summed E-state index contributed by atoms with van der Waals surface area (Å²) in [5.74, 6) is -2.53. The van der Waals surface area contributed by atoms with Gasteiger partial charge in [0.05, 0.1) is 19.3 Å². The molecule has 11 nitrogen and oxygen atoms in total. The van der Waals surface area contributed by atoms with Gasteiger partial charge in [-0.2, -0.15) is 0 Å². The third kappa shape index (κ3) is 21.8. The van der Waals surface area contributed by atoms with E-state index >= 15 is 0 Å². The second-order valence-electron chi connectivity index (χ2n) is 12.4. The predicted molar refractivity (Wildman–Crippen MR) is 186 cm³/mol. The second-order valence-corrected chi connectivity index (χ2v) is 12.4. The highest BCUT2D eigenvalue weighted by atomic mass is 16.4. The van der Waals surface area contributed by atoms with Crippen molar-refractivity contribution in [2.24, 2.45) is 11.5 Å². The molecule has 1 aromatic rings. The minimum absolute atomic E-state index is 0.0533. The third-order valence-electron chi connectivity index (χ3n) is 7.89. The first kappa shape index (κ1) is 46.4. The van der Waals surface area contributed by atoms with Gasteiger partial charge in [0.2, 0.25) is 0 Å². The van der Waals surface area contributed by atoms with Crippen molar-refractivity contribution in [2.75, 3.05) is 13.2 Å². The standard InChI is InChI=1S/C16H29NO6.C12H17NO3.C8H18/c1-12(19)9-7-5-3-2-4-6-8-10-13(20)14(21)16(17,11-18)15(22)23;1-9-2-4-10(5-3-9)6-7-12(13,8-14)11(15)16;1-3-5-7-8-6-4-2/h6,8,13-14,18,20-21H,2-5,7,9-11,17H2,1H3,(H,22,23);2-5,14H,6-8,13H2,1H3,(H,15,16);3-8H2,1-2H3/b8-6+;;/t13-,14+,16+;;/m0../s1. The number of aliphatic hydroxyl groups is 4. The van der Waals surface area contributed by atoms with Crippen molar-refractivity contribution in [1.82, 2.24) is 0 Å². The normalized spacial score (nSPS) is 14.9. The molecular formula is C36H64N2O9. The maximum absolute atomic E-state index is 10.9. The van der Waals surface area contributed by atoms with Crippen LogP contribution >= 0.6 is 0 Å². The number of ketones is 1. The largest absolute Gasteiger partial charge is 0.480 e. The third-order valence-corrected chi connectivity index (χ3v) is 7.89. The highest BCUT2D eigenvalue weighted by molar-refractivity contribution is 5.79. The quantitative estimate of drug-likeness (QED) is 0.0601. The van der Waals surface area contributed by atoms with Crippen LogP contribution in [0, 0.1) is 6.92 Å². The van der Waals surface area contributed by atoms with Gasteiger partial charge in [-0.1, -0.05) is 107 Å². The van der Waals surface area contributed by atoms with E-state index in [1.165, 1.54) is 38.5 Å². The highest BCUT2D eigenvalue weighted by Crippen LogP contribution is 2.15. The van der Waals surface area contributed by atoms with Gasteiger partial charge in [0, 0.05) is 6.42 Å². The van der Waals surface area contributed by atoms with Gasteiger partial charge in [0.15, 0.2) is 5.54 Å². The Bertz CT molecular complexity index is 997. The van der Waals surface area contributed by atoms with Gasteiger partial charge < -0.3 is 46.9 Å². The van der Waals surface area contributed by atoms with Gasteiger partial charge in [-0.3, -0.25) is 9.59 Å². The van der Waals surface area contributed by atoms with E-state index in [2.05, 4.69) is 13.8 Å². The number of aliphatic hydroxyl groups excluding tert-OH is 4. The summed E-state index contributed by atoms with van der Waals surface area (Å²) in [6.45, 7) is 6.57. The van der Waals surface area contributed by atoms with E-state index in [1.807, 2.05) is 37.3 Å². The van der Waals surface area contributed by atoms with Crippen molar-refractivity contribution in [1.29, 1.82) is 0 Å². The first-order valence-electron chi connectivity index (χ1n) is 17.0. The number of carboxylic acid groups (broad SMARTS) is 2. The molecule has 1 rings (SSSR count). The topological polar surface area (TPSA) is 225 Å². The van der Waals surface area contributed by atoms with Crippen LogP contribution in [0.2, 0.25) is 0 Å². The number of rotatable bonds is 23. The zero-order chi connectivity index (χ0) is 36.3. The molecule has 1 unspecified atom stereocenters. The molecule has 1 aromatic carbocycles. The van der Waals surface area contributed by atoms with E-state index in [9.17, 15) is 24.6 Å². The average molecular weight is 669 g/mol. The minimum atomic E-state index is -2.27. The molecule has 272 valence electrons. The van der Waals surface area contributed by atoms with Crippen LogP contribution in [0.3, 0.4) is 0 Å². The highest BCUT2D eigenvalue weighted by Gasteiger charge is 2.44. The number of hydrogen-bond acceptors (Lipinski definition) is 9. The molecule has 0 saturated heterocycles. The van der Waals surface area contributed by atoms with Crippen LogP contribution < -0.4 is 11.5 Å². The van der Waals surface area contributed by atoms with Crippen molar-refractivity contribution >= 4 is 17.7 Å². The van der Waals surface area contributed by atoms with E-state index in [0.29, 0.717) is 12.8 Å². The molecule has 0 heterocycles. The van der Waals surface area contributed by atoms with Crippen LogP contribution in [0.25, 0.3) is 0 Å². The summed E-state index contributed by atoms with van der Waals surface area (Å²) in [5, 5.41) is 55.3. The Morgan fingerprint density at radius 2 is 1.32 bits per heavy atom. The summed E-state index contributed by atoms with van der Waals surface area (Å²) in [6, 6.07) is 7.81. The number of carbonyl (C=O) groups excluding carboxylic acids is 1. The SMILES string of the molecule is CC(=O)CCCCCC/C=C/C[C@H](O)[C@@H](O)[C@](N)(CO)C(=O)O.CCCCCCCC.Cc1ccc(CCC(N)(CO)C(=O)O)cc1. The molecule has 0 saturated carbocycles. The average Bonchev–Trinajstić information content (AvgIpc) is 3.04. The van der Waals surface area contributed by atoms with E-state index in [4.69, 9.17) is 31.9 Å². The summed E-state index contributed by atoms with van der Waals surface area (Å²) in [7, 11) is 0. The molecule has 10 N–H and O–H groups in total. The number of nitrogens with two attached hydrogens (primary N) is 2. The number of allylic oxidation sites excluding steroid dienone is 1. The van der Waals surface area contributed by atoms with Gasteiger partial charge >= 0.3 is 11.9 Å². The molecule has 0 bridgehead atoms. The molecule has 47 heavy (non-hydrogen) atoms. The molecule has 0 fully saturated rings. The summed E-state index contributed by atoms with van der Waals surface area (Å²) in [4.78, 5) is 32.5. The van der Waals surface area contributed by atoms with Crippen LogP contribution in [0.4, 0.5) is 0 Å². The van der Waals surface area contributed by atoms with Crippen molar-refractivity contribution in [3.63, 3.8) is 0 Å². The van der Waals surface area contributed by atoms with E-state index in [-0.39, 0.29) is 18.6 Å². The lowest BCUT2D eigenvalue weighted by Gasteiger charge is -2.30. The van der Waals surface area contributed by atoms with Gasteiger partial charge in [0.1, 0.15) is 17.4 Å². The van der Waals surface area contributed by atoms with Crippen LogP contribution in [0.5, 0.6) is 0 Å². The fourth-order valence-electron chi connectivity index (χ4n) is 4.33. The number of hydrogen-bond donors (Lipinski definition) is 8. The molecule has 11 heteroatoms. The molecule has 0 radical (unpaired) electrons. The molecule has 4 atom stereocenters. The Balaban J connectivity index is 0. The molecule has 0 aliphatic carbocycles. The fourth-order valence-corrected chi connectivity index (χ4v) is 4.33. The summed E-state index contributed by atoms with van der Waals surface area (Å²) < 4.78 is 0. The molecular weight excluding hydrogens is 604 g/mol. The number of aliphatic carboxylic acids is 2. The monoisotopic (exact) mass is 668 g/mol. The van der Waals surface area contributed by atoms with Crippen LogP contribution in [0.1, 0.15) is 122 Å². The first-order chi connectivity index (χ1) is 22.1. The summed E-state index contributed by atoms with van der Waals surface area (Å²) in [5.41, 5.74) is 9.33. The molecule has 0 aromatic heterocycles. The Labute approximate surface area is 282 Å². The lowest BCUT2D eigenvalue weighted by molar-refractivity contribution is -0.155. The molecule has 0 aliphatic heterocycles. The number of carbonyl (C=O) groups is 3. The zero-order valence-corrected chi connectivity index (χ0v) is 29.2. The van der Waals surface area contributed by atoms with Gasteiger partial charge in [-0.05, 0) is 57.9 Å². The van der Waals surface area contributed by atoms with Crippen LogP contribution in [0.15, 0.2) is 36.4 Å². The Hall–Kier alpha value is -2.67. The van der Waals surface area contributed by atoms with E-state index in [1.54, 1.807) is 13.0 Å². The lowest BCUT2D eigenvalue weighted by atomic mass is 9.89. The molecule has 0 amide bonds. The fraction of sp³-hybridized carbons (Fsp3) is 0.694. The number of carboxylic acids is 2. The predicted octanol–water partition coefficient (Wildman–Crippen LogP) is 4.43. The van der Waals surface area contributed by atoms with Crippen molar-refractivity contribution in [2.45, 2.75) is 147 Å². The van der Waals surface area contributed by atoms with Crippen LogP contribution in [-0.2, 0) is 20.8 Å². The Morgan fingerprint density at radius 1 is 0.787 bits per heavy atom. The van der Waals surface area contributed by atoms with E-state index < -0.39 is 48.4 Å². The van der Waals surface area contributed by atoms with E-state index in [0.717, 1.165) is 43.2 Å². The summed E-state index contributed by atoms with van der Waals surface area (Å²) in [6.07, 6.45) is 15.0. The molecule has 0 spiro atoms. The Kier molecular flexibility index (Phi) is 27.0. The van der Waals surface area contributed by atoms with Gasteiger partial charge in [-0.25, -0.2) is 0 Å². The second kappa shape index (κ2) is 27.3. The Morgan fingerprint density at radius 3 is 1.77 bits per heavy atom. The number of Topliss-reactive ketones (excluding diaryl/α,β-unsaturated/α-hetero) is 1. The number of benzene rings is 1. The zero-order valence-electron chi connectivity index (χ0n) is 29.2. The minimum Gasteiger partial charge on any atom is -0.480 e. The van der Waals surface area contributed by atoms with Crippen LogP contribution in [-0.4, -0.2) is 84.9 Å². The maximum Gasteiger partial charge on any atom is 0.328 e. The van der Waals surface area contributed by atoms with Crippen molar-refractivity contribution in [3.8, 4) is 0 Å². The number of unbranched alkanes of at least 4 members (excludes halogenated alkanes) is 9. The number of aryl methyl sites for hydroxylation is 2. The summed E-state index contributed by atoms with van der Waals surface area (Å²) >= 11 is 0. The first-order valence-corrected chi connectivity index (χ1v) is 17.0. The van der Waals surface area contributed by atoms with Gasteiger partial charge in [0.25, 0.3) is 0 Å². The van der Waals surface area contributed by atoms with Crippen molar-refractivity contribution in [3.05, 3.63) is 47.5 Å². The lowest BCUT2D eigenvalue weighted by Crippen LogP contribution is -2.63. The van der Waals surface area contributed by atoms with Gasteiger partial charge in [-0.15, -0.1) is 0 Å². The molecule has 0 aliphatic rings.